The number of aliphatic hydroxyl groups excluding tert-OH is 2. The van der Waals surface area contributed by atoms with Gasteiger partial charge in [0.25, 0.3) is 0 Å². The van der Waals surface area contributed by atoms with Gasteiger partial charge in [-0.1, -0.05) is 38.3 Å². The minimum atomic E-state index is -0.411. The van der Waals surface area contributed by atoms with Crippen LogP contribution in [0.5, 0.6) is 0 Å². The van der Waals surface area contributed by atoms with E-state index in [4.69, 9.17) is 9.47 Å². The second-order valence-corrected chi connectivity index (χ2v) is 8.63. The molecular weight excluding hydrogens is 304 g/mol. The summed E-state index contributed by atoms with van der Waals surface area (Å²) in [4.78, 5) is 0. The van der Waals surface area contributed by atoms with Crippen LogP contribution in [0, 0.1) is 23.2 Å². The second-order valence-electron chi connectivity index (χ2n) is 8.63. The maximum atomic E-state index is 10.5. The van der Waals surface area contributed by atoms with Crippen LogP contribution >= 0.6 is 0 Å². The Balaban J connectivity index is 1.45. The van der Waals surface area contributed by atoms with Crippen LogP contribution in [-0.2, 0) is 9.47 Å². The summed E-state index contributed by atoms with van der Waals surface area (Å²) in [6, 6.07) is 0. The summed E-state index contributed by atoms with van der Waals surface area (Å²) in [5, 5.41) is 21.1. The molecule has 0 unspecified atom stereocenters. The third-order valence-electron chi connectivity index (χ3n) is 7.46. The lowest BCUT2D eigenvalue weighted by Gasteiger charge is -2.64. The Morgan fingerprint density at radius 1 is 1.08 bits per heavy atom. The molecule has 0 bridgehead atoms. The van der Waals surface area contributed by atoms with Crippen LogP contribution in [0.15, 0.2) is 12.2 Å². The zero-order chi connectivity index (χ0) is 16.8. The highest BCUT2D eigenvalue weighted by atomic mass is 16.7. The normalized spacial score (nSPS) is 43.7. The highest BCUT2D eigenvalue weighted by molar-refractivity contribution is 5.17. The van der Waals surface area contributed by atoms with Crippen LogP contribution in [0.1, 0.15) is 58.3 Å². The van der Waals surface area contributed by atoms with E-state index in [1.165, 1.54) is 19.3 Å². The van der Waals surface area contributed by atoms with Crippen molar-refractivity contribution in [3.63, 3.8) is 0 Å². The van der Waals surface area contributed by atoms with E-state index in [2.05, 4.69) is 13.0 Å². The zero-order valence-electron chi connectivity index (χ0n) is 14.8. The topological polar surface area (TPSA) is 58.9 Å². The van der Waals surface area contributed by atoms with Gasteiger partial charge in [-0.2, -0.15) is 0 Å². The highest BCUT2D eigenvalue weighted by Crippen LogP contribution is 2.66. The summed E-state index contributed by atoms with van der Waals surface area (Å²) < 4.78 is 12.0. The molecule has 2 N–H and O–H groups in total. The molecule has 0 aromatic heterocycles. The fourth-order valence-corrected chi connectivity index (χ4v) is 5.78. The highest BCUT2D eigenvalue weighted by Gasteiger charge is 2.69. The van der Waals surface area contributed by atoms with Gasteiger partial charge in [0, 0.05) is 17.8 Å². The molecule has 4 aliphatic rings. The van der Waals surface area contributed by atoms with Crippen LogP contribution in [0.25, 0.3) is 0 Å². The van der Waals surface area contributed by atoms with E-state index >= 15 is 0 Å². The van der Waals surface area contributed by atoms with Crippen molar-refractivity contribution < 1.29 is 19.7 Å². The maximum absolute atomic E-state index is 10.5. The molecule has 1 saturated heterocycles. The van der Waals surface area contributed by atoms with E-state index in [-0.39, 0.29) is 23.5 Å². The fraction of sp³-hybridized carbons (Fsp3) is 0.900. The van der Waals surface area contributed by atoms with Gasteiger partial charge in [-0.3, -0.25) is 0 Å². The third kappa shape index (κ3) is 2.57. The van der Waals surface area contributed by atoms with Crippen molar-refractivity contribution in [2.75, 3.05) is 13.2 Å². The molecule has 0 amide bonds. The summed E-state index contributed by atoms with van der Waals surface area (Å²) in [5.41, 5.74) is -0.00642. The second kappa shape index (κ2) is 6.39. The minimum Gasteiger partial charge on any atom is -0.393 e. The number of hydrogen-bond acceptors (Lipinski definition) is 4. The van der Waals surface area contributed by atoms with Gasteiger partial charge in [0.2, 0.25) is 0 Å². The van der Waals surface area contributed by atoms with E-state index in [0.29, 0.717) is 25.0 Å². The Morgan fingerprint density at radius 2 is 1.79 bits per heavy atom. The average Bonchev–Trinajstić information content (AvgIpc) is 3.10. The Labute approximate surface area is 145 Å². The first kappa shape index (κ1) is 17.0. The fourth-order valence-electron chi connectivity index (χ4n) is 5.78. The molecular formula is C20H32O4. The molecule has 0 aromatic rings. The minimum absolute atomic E-state index is 0.00642. The largest absolute Gasteiger partial charge is 0.393 e. The third-order valence-corrected chi connectivity index (χ3v) is 7.46. The standard InChI is InChI=1S/C20H32O4/c1-19-10-9-18(22)15(16(19)13-20(19)23-11-12-24-20)7-8-17(21)14-5-3-2-4-6-14/h7-8,14-18,21-22H,2-6,9-13H2,1H3/b8-7+/t15-,16-,17+,18-,19+/m0/s1. The monoisotopic (exact) mass is 336 g/mol. The molecule has 4 nitrogen and oxygen atoms in total. The zero-order valence-corrected chi connectivity index (χ0v) is 14.8. The van der Waals surface area contributed by atoms with Crippen molar-refractivity contribution in [2.45, 2.75) is 76.3 Å². The van der Waals surface area contributed by atoms with Crippen molar-refractivity contribution in [3.8, 4) is 0 Å². The summed E-state index contributed by atoms with van der Waals surface area (Å²) in [7, 11) is 0. The van der Waals surface area contributed by atoms with Gasteiger partial charge in [-0.05, 0) is 37.5 Å². The van der Waals surface area contributed by atoms with Crippen molar-refractivity contribution >= 4 is 0 Å². The Kier molecular flexibility index (Phi) is 4.53. The van der Waals surface area contributed by atoms with Crippen molar-refractivity contribution in [2.24, 2.45) is 23.2 Å². The molecule has 3 saturated carbocycles. The molecule has 4 heteroatoms. The van der Waals surface area contributed by atoms with Gasteiger partial charge < -0.3 is 19.7 Å². The number of ether oxygens (including phenoxy) is 2. The quantitative estimate of drug-likeness (QED) is 0.778. The van der Waals surface area contributed by atoms with Crippen LogP contribution in [0.3, 0.4) is 0 Å². The van der Waals surface area contributed by atoms with Crippen molar-refractivity contribution in [1.29, 1.82) is 0 Å². The lowest BCUT2D eigenvalue weighted by molar-refractivity contribution is -0.344. The van der Waals surface area contributed by atoms with Gasteiger partial charge in [-0.15, -0.1) is 0 Å². The van der Waals surface area contributed by atoms with E-state index < -0.39 is 5.79 Å². The molecule has 1 heterocycles. The summed E-state index contributed by atoms with van der Waals surface area (Å²) in [5.74, 6) is 0.484. The van der Waals surface area contributed by atoms with Gasteiger partial charge in [-0.25, -0.2) is 0 Å². The van der Waals surface area contributed by atoms with Gasteiger partial charge in [0.05, 0.1) is 25.4 Å². The summed E-state index contributed by atoms with van der Waals surface area (Å²) in [6.07, 6.45) is 12.0. The van der Waals surface area contributed by atoms with Gasteiger partial charge in [0.15, 0.2) is 5.79 Å². The lowest BCUT2D eigenvalue weighted by Crippen LogP contribution is -2.67. The average molecular weight is 336 g/mol. The summed E-state index contributed by atoms with van der Waals surface area (Å²) >= 11 is 0. The Morgan fingerprint density at radius 3 is 2.50 bits per heavy atom. The van der Waals surface area contributed by atoms with Crippen LogP contribution in [0.4, 0.5) is 0 Å². The van der Waals surface area contributed by atoms with Crippen molar-refractivity contribution in [1.82, 2.24) is 0 Å². The molecule has 4 fully saturated rings. The number of fused-ring (bicyclic) bond motifs is 2. The molecule has 4 rings (SSSR count). The molecule has 1 spiro atoms. The van der Waals surface area contributed by atoms with E-state index in [9.17, 15) is 10.2 Å². The number of hydrogen-bond donors (Lipinski definition) is 2. The van der Waals surface area contributed by atoms with Gasteiger partial charge >= 0.3 is 0 Å². The van der Waals surface area contributed by atoms with Crippen LogP contribution < -0.4 is 0 Å². The van der Waals surface area contributed by atoms with E-state index in [1.807, 2.05) is 6.08 Å². The van der Waals surface area contributed by atoms with Gasteiger partial charge in [0.1, 0.15) is 0 Å². The Bertz CT molecular complexity index is 478. The number of aliphatic hydroxyl groups is 2. The molecule has 0 radical (unpaired) electrons. The predicted molar refractivity (Wildman–Crippen MR) is 91.3 cm³/mol. The summed E-state index contributed by atoms with van der Waals surface area (Å²) in [6.45, 7) is 3.63. The maximum Gasteiger partial charge on any atom is 0.174 e. The lowest BCUT2D eigenvalue weighted by atomic mass is 9.47. The Hall–Kier alpha value is -0.420. The molecule has 5 atom stereocenters. The van der Waals surface area contributed by atoms with E-state index in [1.54, 1.807) is 0 Å². The number of rotatable bonds is 3. The molecule has 136 valence electrons. The van der Waals surface area contributed by atoms with Crippen LogP contribution in [-0.4, -0.2) is 41.4 Å². The van der Waals surface area contributed by atoms with E-state index in [0.717, 1.165) is 32.1 Å². The SMILES string of the molecule is C[C@@]12CC[C@H](O)[C@@H](/C=C/[C@@H](O)C3CCCCC3)[C@@H]1CC21OCCO1. The first-order valence-corrected chi connectivity index (χ1v) is 9.88. The molecule has 24 heavy (non-hydrogen) atoms. The van der Waals surface area contributed by atoms with Crippen molar-refractivity contribution in [3.05, 3.63) is 12.2 Å². The first-order chi connectivity index (χ1) is 11.6. The molecule has 0 aromatic carbocycles. The predicted octanol–water partition coefficient (Wildman–Crippen LogP) is 3.02. The molecule has 1 aliphatic heterocycles. The smallest absolute Gasteiger partial charge is 0.174 e. The first-order valence-electron chi connectivity index (χ1n) is 9.88. The van der Waals surface area contributed by atoms with Crippen LogP contribution in [0.2, 0.25) is 0 Å². The molecule has 3 aliphatic carbocycles.